The number of halogens is 2. The van der Waals surface area contributed by atoms with E-state index in [0.29, 0.717) is 12.1 Å². The molecule has 0 aliphatic rings. The monoisotopic (exact) mass is 263 g/mol. The summed E-state index contributed by atoms with van der Waals surface area (Å²) < 4.78 is 26.4. The maximum absolute atomic E-state index is 13.4. The summed E-state index contributed by atoms with van der Waals surface area (Å²) in [6.45, 7) is 0. The molecule has 0 aliphatic heterocycles. The zero-order valence-corrected chi connectivity index (χ0v) is 9.94. The second-order valence-electron chi connectivity index (χ2n) is 4.08. The van der Waals surface area contributed by atoms with Gasteiger partial charge in [0.25, 0.3) is 0 Å². The Kier molecular flexibility index (Phi) is 3.85. The van der Waals surface area contributed by atoms with E-state index in [1.54, 1.807) is 0 Å². The van der Waals surface area contributed by atoms with E-state index in [1.807, 2.05) is 0 Å². The standard InChI is InChI=1S/C14H11F2NO2/c15-11-2-4-13(16)9(7-11)1-3-12-8-10(14(18)19)5-6-17-12/h2,4-8H,1,3H2,(H,18,19). The zero-order valence-electron chi connectivity index (χ0n) is 9.94. The Balaban J connectivity index is 2.12. The molecule has 0 fully saturated rings. The van der Waals surface area contributed by atoms with Gasteiger partial charge in [-0.25, -0.2) is 13.6 Å². The van der Waals surface area contributed by atoms with Crippen LogP contribution in [0.5, 0.6) is 0 Å². The molecular weight excluding hydrogens is 252 g/mol. The molecule has 0 bridgehead atoms. The number of hydrogen-bond acceptors (Lipinski definition) is 2. The summed E-state index contributed by atoms with van der Waals surface area (Å²) in [7, 11) is 0. The van der Waals surface area contributed by atoms with Gasteiger partial charge in [-0.1, -0.05) is 0 Å². The summed E-state index contributed by atoms with van der Waals surface area (Å²) in [6.07, 6.45) is 2.00. The second-order valence-corrected chi connectivity index (χ2v) is 4.08. The molecule has 3 nitrogen and oxygen atoms in total. The van der Waals surface area contributed by atoms with Crippen molar-refractivity contribution in [3.05, 3.63) is 65.0 Å². The lowest BCUT2D eigenvalue weighted by Gasteiger charge is -2.04. The van der Waals surface area contributed by atoms with E-state index in [-0.39, 0.29) is 17.5 Å². The number of rotatable bonds is 4. The van der Waals surface area contributed by atoms with Crippen LogP contribution in [0.4, 0.5) is 8.78 Å². The molecule has 0 spiro atoms. The van der Waals surface area contributed by atoms with Gasteiger partial charge >= 0.3 is 5.97 Å². The Morgan fingerprint density at radius 1 is 1.16 bits per heavy atom. The van der Waals surface area contributed by atoms with E-state index in [1.165, 1.54) is 18.3 Å². The van der Waals surface area contributed by atoms with Gasteiger partial charge in [0.05, 0.1) is 5.56 Å². The summed E-state index contributed by atoms with van der Waals surface area (Å²) in [5.41, 5.74) is 0.913. The lowest BCUT2D eigenvalue weighted by Crippen LogP contribution is -2.01. The third-order valence-corrected chi connectivity index (χ3v) is 2.72. The predicted octanol–water partition coefficient (Wildman–Crippen LogP) is 2.84. The van der Waals surface area contributed by atoms with Gasteiger partial charge in [0, 0.05) is 11.9 Å². The van der Waals surface area contributed by atoms with Gasteiger partial charge in [-0.2, -0.15) is 0 Å². The average molecular weight is 263 g/mol. The van der Waals surface area contributed by atoms with Gasteiger partial charge < -0.3 is 5.11 Å². The molecule has 0 saturated heterocycles. The topological polar surface area (TPSA) is 50.2 Å². The van der Waals surface area contributed by atoms with Crippen LogP contribution in [0.25, 0.3) is 0 Å². The number of aromatic nitrogens is 1. The number of carboxylic acids is 1. The fourth-order valence-electron chi connectivity index (χ4n) is 1.75. The lowest BCUT2D eigenvalue weighted by atomic mass is 10.1. The summed E-state index contributed by atoms with van der Waals surface area (Å²) in [5, 5.41) is 8.84. The largest absolute Gasteiger partial charge is 0.478 e. The van der Waals surface area contributed by atoms with Gasteiger partial charge in [-0.15, -0.1) is 0 Å². The van der Waals surface area contributed by atoms with Crippen molar-refractivity contribution in [3.63, 3.8) is 0 Å². The molecule has 0 atom stereocenters. The highest BCUT2D eigenvalue weighted by molar-refractivity contribution is 5.87. The van der Waals surface area contributed by atoms with Crippen molar-refractivity contribution in [2.24, 2.45) is 0 Å². The van der Waals surface area contributed by atoms with Gasteiger partial charge in [0.2, 0.25) is 0 Å². The van der Waals surface area contributed by atoms with E-state index < -0.39 is 17.6 Å². The lowest BCUT2D eigenvalue weighted by molar-refractivity contribution is 0.0696. The number of aromatic carboxylic acids is 1. The number of pyridine rings is 1. The summed E-state index contributed by atoms with van der Waals surface area (Å²) in [4.78, 5) is 14.8. The van der Waals surface area contributed by atoms with Crippen molar-refractivity contribution in [1.29, 1.82) is 0 Å². The molecule has 1 heterocycles. The average Bonchev–Trinajstić information content (AvgIpc) is 2.40. The van der Waals surface area contributed by atoms with Gasteiger partial charge in [0.1, 0.15) is 11.6 Å². The van der Waals surface area contributed by atoms with E-state index in [9.17, 15) is 13.6 Å². The van der Waals surface area contributed by atoms with Crippen LogP contribution < -0.4 is 0 Å². The highest BCUT2D eigenvalue weighted by atomic mass is 19.1. The molecule has 1 aromatic carbocycles. The molecule has 5 heteroatoms. The fourth-order valence-corrected chi connectivity index (χ4v) is 1.75. The van der Waals surface area contributed by atoms with Crippen LogP contribution in [0, 0.1) is 11.6 Å². The quantitative estimate of drug-likeness (QED) is 0.922. The Morgan fingerprint density at radius 2 is 1.95 bits per heavy atom. The number of nitrogens with zero attached hydrogens (tertiary/aromatic N) is 1. The van der Waals surface area contributed by atoms with Crippen molar-refractivity contribution in [3.8, 4) is 0 Å². The van der Waals surface area contributed by atoms with Crippen LogP contribution in [0.15, 0.2) is 36.5 Å². The van der Waals surface area contributed by atoms with Gasteiger partial charge in [-0.05, 0) is 48.7 Å². The minimum absolute atomic E-state index is 0.129. The molecule has 0 unspecified atom stereocenters. The molecule has 0 radical (unpaired) electrons. The van der Waals surface area contributed by atoms with E-state index in [2.05, 4.69) is 4.98 Å². The third kappa shape index (κ3) is 3.34. The number of carbonyl (C=O) groups is 1. The Bertz CT molecular complexity index is 614. The van der Waals surface area contributed by atoms with Crippen molar-refractivity contribution in [2.45, 2.75) is 12.8 Å². The summed E-state index contributed by atoms with van der Waals surface area (Å²) >= 11 is 0. The first-order valence-electron chi connectivity index (χ1n) is 5.68. The minimum atomic E-state index is -1.04. The van der Waals surface area contributed by atoms with Crippen molar-refractivity contribution >= 4 is 5.97 Å². The molecular formula is C14H11F2NO2. The number of aryl methyl sites for hydroxylation is 2. The van der Waals surface area contributed by atoms with E-state index in [4.69, 9.17) is 5.11 Å². The molecule has 0 saturated carbocycles. The zero-order chi connectivity index (χ0) is 13.8. The minimum Gasteiger partial charge on any atom is -0.478 e. The molecule has 0 aliphatic carbocycles. The molecule has 1 N–H and O–H groups in total. The fraction of sp³-hybridized carbons (Fsp3) is 0.143. The van der Waals surface area contributed by atoms with E-state index >= 15 is 0 Å². The maximum Gasteiger partial charge on any atom is 0.335 e. The second kappa shape index (κ2) is 5.56. The van der Waals surface area contributed by atoms with Crippen LogP contribution in [0.1, 0.15) is 21.6 Å². The number of hydrogen-bond donors (Lipinski definition) is 1. The van der Waals surface area contributed by atoms with Crippen LogP contribution in [0.2, 0.25) is 0 Å². The summed E-state index contributed by atoms with van der Waals surface area (Å²) in [5.74, 6) is -2.01. The van der Waals surface area contributed by atoms with Crippen molar-refractivity contribution in [1.82, 2.24) is 4.98 Å². The van der Waals surface area contributed by atoms with Crippen molar-refractivity contribution in [2.75, 3.05) is 0 Å². The smallest absolute Gasteiger partial charge is 0.335 e. The molecule has 0 amide bonds. The molecule has 2 aromatic rings. The Morgan fingerprint density at radius 3 is 2.68 bits per heavy atom. The first kappa shape index (κ1) is 13.1. The molecule has 19 heavy (non-hydrogen) atoms. The first-order chi connectivity index (χ1) is 9.06. The SMILES string of the molecule is O=C(O)c1ccnc(CCc2cc(F)ccc2F)c1. The van der Waals surface area contributed by atoms with Gasteiger partial charge in [0.15, 0.2) is 0 Å². The Hall–Kier alpha value is -2.30. The summed E-state index contributed by atoms with van der Waals surface area (Å²) in [6, 6.07) is 6.08. The third-order valence-electron chi connectivity index (χ3n) is 2.72. The molecule has 98 valence electrons. The highest BCUT2D eigenvalue weighted by Gasteiger charge is 2.07. The van der Waals surface area contributed by atoms with Crippen LogP contribution in [0.3, 0.4) is 0 Å². The molecule has 2 rings (SSSR count). The molecule has 1 aromatic heterocycles. The van der Waals surface area contributed by atoms with Crippen LogP contribution >= 0.6 is 0 Å². The maximum atomic E-state index is 13.4. The highest BCUT2D eigenvalue weighted by Crippen LogP contribution is 2.13. The predicted molar refractivity (Wildman–Crippen MR) is 65.0 cm³/mol. The Labute approximate surface area is 108 Å². The van der Waals surface area contributed by atoms with E-state index in [0.717, 1.165) is 18.2 Å². The number of benzene rings is 1. The van der Waals surface area contributed by atoms with Crippen molar-refractivity contribution < 1.29 is 18.7 Å². The number of carboxylic acid groups (broad SMARTS) is 1. The van der Waals surface area contributed by atoms with Crippen LogP contribution in [-0.2, 0) is 12.8 Å². The van der Waals surface area contributed by atoms with Gasteiger partial charge in [-0.3, -0.25) is 4.98 Å². The normalized spacial score (nSPS) is 10.4. The first-order valence-corrected chi connectivity index (χ1v) is 5.68. The van der Waals surface area contributed by atoms with Crippen LogP contribution in [-0.4, -0.2) is 16.1 Å².